The molecule has 0 saturated carbocycles. The van der Waals surface area contributed by atoms with Crippen LogP contribution >= 0.6 is 0 Å². The molecule has 0 spiro atoms. The van der Waals surface area contributed by atoms with E-state index in [9.17, 15) is 23.1 Å². The molecule has 2 rings (SSSR count). The standard InChI is InChI=1S/C15H18F3N3O3/c1-9-6-11(10(2)24-9)14(3,23)8-19-13(22)7-21-5-4-12(20-21)15(16,17)18/h4-6,23H,7-8H2,1-3H3,(H,19,22). The highest BCUT2D eigenvalue weighted by molar-refractivity contribution is 5.75. The number of aliphatic hydroxyl groups is 1. The van der Waals surface area contributed by atoms with Crippen LogP contribution in [0.1, 0.15) is 29.7 Å². The van der Waals surface area contributed by atoms with Crippen LogP contribution in [0.3, 0.4) is 0 Å². The molecule has 1 atom stereocenters. The average Bonchev–Trinajstić information content (AvgIpc) is 3.03. The minimum atomic E-state index is -4.55. The summed E-state index contributed by atoms with van der Waals surface area (Å²) in [6.45, 7) is 4.46. The van der Waals surface area contributed by atoms with Gasteiger partial charge in [-0.05, 0) is 32.9 Å². The molecule has 2 aromatic heterocycles. The van der Waals surface area contributed by atoms with E-state index in [4.69, 9.17) is 4.42 Å². The summed E-state index contributed by atoms with van der Waals surface area (Å²) in [4.78, 5) is 11.9. The Labute approximate surface area is 136 Å². The first-order valence-corrected chi connectivity index (χ1v) is 7.16. The molecule has 132 valence electrons. The van der Waals surface area contributed by atoms with Gasteiger partial charge in [0.05, 0.1) is 6.54 Å². The Hall–Kier alpha value is -2.29. The highest BCUT2D eigenvalue weighted by Crippen LogP contribution is 2.27. The maximum absolute atomic E-state index is 12.5. The number of rotatable bonds is 5. The first-order chi connectivity index (χ1) is 11.0. The van der Waals surface area contributed by atoms with Gasteiger partial charge in [0.15, 0.2) is 5.69 Å². The van der Waals surface area contributed by atoms with Crippen LogP contribution in [-0.2, 0) is 23.1 Å². The summed E-state index contributed by atoms with van der Waals surface area (Å²) in [6, 6.07) is 2.46. The summed E-state index contributed by atoms with van der Waals surface area (Å²) in [6.07, 6.45) is -3.48. The minimum Gasteiger partial charge on any atom is -0.466 e. The Balaban J connectivity index is 1.95. The SMILES string of the molecule is Cc1cc(C(C)(O)CNC(=O)Cn2ccc(C(F)(F)F)n2)c(C)o1. The van der Waals surface area contributed by atoms with Crippen LogP contribution in [0.25, 0.3) is 0 Å². The molecule has 24 heavy (non-hydrogen) atoms. The molecule has 2 heterocycles. The van der Waals surface area contributed by atoms with Crippen molar-refractivity contribution in [2.45, 2.75) is 39.1 Å². The number of nitrogens with one attached hydrogen (secondary N) is 1. The van der Waals surface area contributed by atoms with Gasteiger partial charge in [0, 0.05) is 11.8 Å². The molecular weight excluding hydrogens is 327 g/mol. The number of aromatic nitrogens is 2. The second-order valence-corrected chi connectivity index (χ2v) is 5.77. The van der Waals surface area contributed by atoms with Crippen LogP contribution in [0, 0.1) is 13.8 Å². The zero-order chi connectivity index (χ0) is 18.1. The first kappa shape index (κ1) is 18.1. The molecular formula is C15H18F3N3O3. The van der Waals surface area contributed by atoms with Crippen LogP contribution < -0.4 is 5.32 Å². The molecule has 0 radical (unpaired) electrons. The van der Waals surface area contributed by atoms with Crippen molar-refractivity contribution in [1.29, 1.82) is 0 Å². The minimum absolute atomic E-state index is 0.112. The van der Waals surface area contributed by atoms with E-state index in [-0.39, 0.29) is 13.1 Å². The molecule has 0 bridgehead atoms. The lowest BCUT2D eigenvalue weighted by molar-refractivity contribution is -0.141. The van der Waals surface area contributed by atoms with Crippen LogP contribution in [-0.4, -0.2) is 27.3 Å². The number of halogens is 3. The number of amides is 1. The molecule has 1 unspecified atom stereocenters. The van der Waals surface area contributed by atoms with Crippen LogP contribution in [0.4, 0.5) is 13.2 Å². The second kappa shape index (κ2) is 6.31. The maximum Gasteiger partial charge on any atom is 0.435 e. The normalized spacial score (nSPS) is 14.5. The van der Waals surface area contributed by atoms with Gasteiger partial charge < -0.3 is 14.8 Å². The van der Waals surface area contributed by atoms with Crippen molar-refractivity contribution >= 4 is 5.91 Å². The predicted octanol–water partition coefficient (Wildman–Crippen LogP) is 2.14. The number of nitrogens with zero attached hydrogens (tertiary/aromatic N) is 2. The topological polar surface area (TPSA) is 80.3 Å². The van der Waals surface area contributed by atoms with Crippen molar-refractivity contribution in [3.63, 3.8) is 0 Å². The zero-order valence-electron chi connectivity index (χ0n) is 13.4. The fourth-order valence-corrected chi connectivity index (χ4v) is 2.34. The number of furan rings is 1. The zero-order valence-corrected chi connectivity index (χ0v) is 13.4. The monoisotopic (exact) mass is 345 g/mol. The molecule has 6 nitrogen and oxygen atoms in total. The molecule has 2 N–H and O–H groups in total. The molecule has 0 aliphatic heterocycles. The molecule has 0 aromatic carbocycles. The number of aryl methyl sites for hydroxylation is 2. The van der Waals surface area contributed by atoms with E-state index < -0.39 is 23.4 Å². The van der Waals surface area contributed by atoms with Crippen LogP contribution in [0.5, 0.6) is 0 Å². The van der Waals surface area contributed by atoms with Gasteiger partial charge in [0.2, 0.25) is 5.91 Å². The van der Waals surface area contributed by atoms with E-state index in [1.807, 2.05) is 0 Å². The van der Waals surface area contributed by atoms with Crippen molar-refractivity contribution in [2.75, 3.05) is 6.54 Å². The fourth-order valence-electron chi connectivity index (χ4n) is 2.34. The quantitative estimate of drug-likeness (QED) is 0.870. The highest BCUT2D eigenvalue weighted by Gasteiger charge is 2.33. The lowest BCUT2D eigenvalue weighted by atomic mass is 9.96. The van der Waals surface area contributed by atoms with Gasteiger partial charge in [-0.3, -0.25) is 9.48 Å². The van der Waals surface area contributed by atoms with E-state index >= 15 is 0 Å². The molecule has 1 amide bonds. The summed E-state index contributed by atoms with van der Waals surface area (Å²) in [5.74, 6) is 0.601. The van der Waals surface area contributed by atoms with E-state index in [1.165, 1.54) is 6.92 Å². The molecule has 2 aromatic rings. The Bertz CT molecular complexity index is 732. The van der Waals surface area contributed by atoms with Gasteiger partial charge in [0.1, 0.15) is 23.7 Å². The lowest BCUT2D eigenvalue weighted by Crippen LogP contribution is -2.40. The Kier molecular flexibility index (Phi) is 4.75. The van der Waals surface area contributed by atoms with Gasteiger partial charge in [-0.25, -0.2) is 0 Å². The lowest BCUT2D eigenvalue weighted by Gasteiger charge is -2.23. The van der Waals surface area contributed by atoms with Gasteiger partial charge in [0.25, 0.3) is 0 Å². The summed E-state index contributed by atoms with van der Waals surface area (Å²) >= 11 is 0. The smallest absolute Gasteiger partial charge is 0.435 e. The summed E-state index contributed by atoms with van der Waals surface area (Å²) in [7, 11) is 0. The molecule has 0 fully saturated rings. The van der Waals surface area contributed by atoms with E-state index in [1.54, 1.807) is 19.9 Å². The largest absolute Gasteiger partial charge is 0.466 e. The van der Waals surface area contributed by atoms with Gasteiger partial charge >= 0.3 is 6.18 Å². The molecule has 0 saturated heterocycles. The Morgan fingerprint density at radius 2 is 2.08 bits per heavy atom. The van der Waals surface area contributed by atoms with Gasteiger partial charge in [-0.15, -0.1) is 0 Å². The first-order valence-electron chi connectivity index (χ1n) is 7.16. The molecule has 0 aliphatic carbocycles. The second-order valence-electron chi connectivity index (χ2n) is 5.77. The van der Waals surface area contributed by atoms with Crippen LogP contribution in [0.2, 0.25) is 0 Å². The maximum atomic E-state index is 12.5. The van der Waals surface area contributed by atoms with Gasteiger partial charge in [-0.1, -0.05) is 0 Å². The van der Waals surface area contributed by atoms with Crippen molar-refractivity contribution in [3.05, 3.63) is 41.1 Å². The third kappa shape index (κ3) is 4.16. The summed E-state index contributed by atoms with van der Waals surface area (Å²) in [5.41, 5.74) is -1.88. The third-order valence-electron chi connectivity index (χ3n) is 3.49. The number of hydrogen-bond donors (Lipinski definition) is 2. The summed E-state index contributed by atoms with van der Waals surface area (Å²) < 4.78 is 43.6. The van der Waals surface area contributed by atoms with Crippen LogP contribution in [0.15, 0.2) is 22.7 Å². The number of carbonyl (C=O) groups is 1. The molecule has 9 heteroatoms. The molecule has 0 aliphatic rings. The Morgan fingerprint density at radius 3 is 2.58 bits per heavy atom. The van der Waals surface area contributed by atoms with Crippen molar-refractivity contribution in [1.82, 2.24) is 15.1 Å². The number of hydrogen-bond acceptors (Lipinski definition) is 4. The number of alkyl halides is 3. The third-order valence-corrected chi connectivity index (χ3v) is 3.49. The van der Waals surface area contributed by atoms with Crippen molar-refractivity contribution in [2.24, 2.45) is 0 Å². The van der Waals surface area contributed by atoms with E-state index in [0.29, 0.717) is 17.1 Å². The average molecular weight is 345 g/mol. The fraction of sp³-hybridized carbons (Fsp3) is 0.467. The van der Waals surface area contributed by atoms with Gasteiger partial charge in [-0.2, -0.15) is 18.3 Å². The van der Waals surface area contributed by atoms with E-state index in [0.717, 1.165) is 16.9 Å². The van der Waals surface area contributed by atoms with Crippen molar-refractivity contribution in [3.8, 4) is 0 Å². The number of carbonyl (C=O) groups excluding carboxylic acids is 1. The predicted molar refractivity (Wildman–Crippen MR) is 78.0 cm³/mol. The summed E-state index contributed by atoms with van der Waals surface area (Å²) in [5, 5.41) is 16.2. The van der Waals surface area contributed by atoms with E-state index in [2.05, 4.69) is 10.4 Å². The Morgan fingerprint density at radius 1 is 1.42 bits per heavy atom. The van der Waals surface area contributed by atoms with Crippen molar-refractivity contribution < 1.29 is 27.5 Å². The highest BCUT2D eigenvalue weighted by atomic mass is 19.4.